The fourth-order valence-electron chi connectivity index (χ4n) is 5.12. The molecule has 0 radical (unpaired) electrons. The van der Waals surface area contributed by atoms with E-state index in [0.29, 0.717) is 51.3 Å². The molecule has 208 valence electrons. The number of halogens is 3. The number of benzene rings is 2. The van der Waals surface area contributed by atoms with Gasteiger partial charge in [0.25, 0.3) is 0 Å². The molecule has 0 saturated carbocycles. The van der Waals surface area contributed by atoms with Crippen LogP contribution in [-0.4, -0.2) is 73.1 Å². The van der Waals surface area contributed by atoms with E-state index in [0.717, 1.165) is 30.2 Å². The quantitative estimate of drug-likeness (QED) is 0.536. The van der Waals surface area contributed by atoms with Gasteiger partial charge in [0.1, 0.15) is 6.61 Å². The van der Waals surface area contributed by atoms with Gasteiger partial charge in [-0.15, -0.1) is 0 Å². The maximum Gasteiger partial charge on any atom is 0.416 e. The predicted molar refractivity (Wildman–Crippen MR) is 135 cm³/mol. The molecule has 7 nitrogen and oxygen atoms in total. The normalized spacial score (nSPS) is 20.8. The topological polar surface area (TPSA) is 87.2 Å². The summed E-state index contributed by atoms with van der Waals surface area (Å²) in [6.07, 6.45) is -1.41. The van der Waals surface area contributed by atoms with E-state index in [4.69, 9.17) is 4.74 Å². The van der Waals surface area contributed by atoms with Gasteiger partial charge in [-0.2, -0.15) is 17.5 Å². The van der Waals surface area contributed by atoms with Crippen LogP contribution in [0.2, 0.25) is 0 Å². The van der Waals surface area contributed by atoms with Crippen LogP contribution in [0.1, 0.15) is 43.2 Å². The van der Waals surface area contributed by atoms with Crippen molar-refractivity contribution < 1.29 is 36.2 Å². The van der Waals surface area contributed by atoms with E-state index >= 15 is 0 Å². The number of likely N-dealkylation sites (tertiary alicyclic amines) is 1. The molecule has 38 heavy (non-hydrogen) atoms. The predicted octanol–water partition coefficient (Wildman–Crippen LogP) is 3.86. The van der Waals surface area contributed by atoms with Crippen LogP contribution >= 0.6 is 0 Å². The van der Waals surface area contributed by atoms with Gasteiger partial charge in [0.2, 0.25) is 15.9 Å². The number of piperidine rings is 2. The molecule has 2 saturated heterocycles. The Hall–Kier alpha value is -2.47. The van der Waals surface area contributed by atoms with E-state index in [-0.39, 0.29) is 25.7 Å². The monoisotopic (exact) mass is 554 g/mol. The molecule has 2 aliphatic heterocycles. The van der Waals surface area contributed by atoms with E-state index in [2.05, 4.69) is 0 Å². The number of hydrogen-bond donors (Lipinski definition) is 1. The zero-order valence-corrected chi connectivity index (χ0v) is 21.9. The summed E-state index contributed by atoms with van der Waals surface area (Å²) < 4.78 is 72.7. The van der Waals surface area contributed by atoms with E-state index in [9.17, 15) is 31.5 Å². The standard InChI is InChI=1S/C27H33F3N2O5S/c28-27(29,30)22-9-6-11-24(17-22)38(35,36)32-14-5-4-10-23(32)19-37-20-25(33)31-15-12-26(34,13-16-31)18-21-7-2-1-3-8-21/h1-3,6-9,11,17,23,34H,4-5,10,12-16,18-20H2. The highest BCUT2D eigenvalue weighted by Crippen LogP contribution is 2.33. The number of amides is 1. The number of carbonyl (C=O) groups is 1. The lowest BCUT2D eigenvalue weighted by Crippen LogP contribution is -2.49. The molecular weight excluding hydrogens is 521 g/mol. The average molecular weight is 555 g/mol. The molecule has 2 aromatic rings. The van der Waals surface area contributed by atoms with Gasteiger partial charge >= 0.3 is 6.18 Å². The summed E-state index contributed by atoms with van der Waals surface area (Å²) in [4.78, 5) is 13.9. The number of hydrogen-bond acceptors (Lipinski definition) is 5. The second-order valence-electron chi connectivity index (χ2n) is 10.1. The van der Waals surface area contributed by atoms with Crippen LogP contribution in [0.3, 0.4) is 0 Å². The largest absolute Gasteiger partial charge is 0.416 e. The molecule has 0 bridgehead atoms. The van der Waals surface area contributed by atoms with Crippen molar-refractivity contribution in [2.24, 2.45) is 0 Å². The van der Waals surface area contributed by atoms with Gasteiger partial charge in [-0.25, -0.2) is 8.42 Å². The number of rotatable bonds is 8. The molecule has 2 fully saturated rings. The van der Waals surface area contributed by atoms with Crippen molar-refractivity contribution in [1.82, 2.24) is 9.21 Å². The minimum atomic E-state index is -4.65. The fraction of sp³-hybridized carbons (Fsp3) is 0.519. The first kappa shape index (κ1) is 28.5. The minimum Gasteiger partial charge on any atom is -0.389 e. The summed E-state index contributed by atoms with van der Waals surface area (Å²) in [5.41, 5.74) is -0.860. The van der Waals surface area contributed by atoms with Crippen LogP contribution in [-0.2, 0) is 32.2 Å². The highest BCUT2D eigenvalue weighted by Gasteiger charge is 2.37. The van der Waals surface area contributed by atoms with Crippen molar-refractivity contribution in [2.45, 2.75) is 61.2 Å². The maximum absolute atomic E-state index is 13.2. The first-order valence-electron chi connectivity index (χ1n) is 12.8. The van der Waals surface area contributed by atoms with Gasteiger partial charge in [0, 0.05) is 32.1 Å². The lowest BCUT2D eigenvalue weighted by atomic mass is 9.85. The van der Waals surface area contributed by atoms with Gasteiger partial charge in [-0.3, -0.25) is 4.79 Å². The SMILES string of the molecule is O=C(COCC1CCCCN1S(=O)(=O)c1cccc(C(F)(F)F)c1)N1CCC(O)(Cc2ccccc2)CC1. The van der Waals surface area contributed by atoms with E-state index in [1.165, 1.54) is 4.31 Å². The molecule has 0 spiro atoms. The zero-order chi connectivity index (χ0) is 27.4. The highest BCUT2D eigenvalue weighted by atomic mass is 32.2. The van der Waals surface area contributed by atoms with E-state index < -0.39 is 38.3 Å². The van der Waals surface area contributed by atoms with Crippen LogP contribution in [0.4, 0.5) is 13.2 Å². The first-order chi connectivity index (χ1) is 18.0. The zero-order valence-electron chi connectivity index (χ0n) is 21.1. The van der Waals surface area contributed by atoms with Gasteiger partial charge in [-0.1, -0.05) is 42.8 Å². The van der Waals surface area contributed by atoms with E-state index in [1.807, 2.05) is 30.3 Å². The Morgan fingerprint density at radius 1 is 1.03 bits per heavy atom. The Morgan fingerprint density at radius 3 is 2.42 bits per heavy atom. The molecule has 1 unspecified atom stereocenters. The molecule has 1 amide bonds. The Labute approximate surface area is 221 Å². The van der Waals surface area contributed by atoms with Crippen molar-refractivity contribution >= 4 is 15.9 Å². The molecule has 0 aliphatic carbocycles. The van der Waals surface area contributed by atoms with Crippen LogP contribution in [0.5, 0.6) is 0 Å². The van der Waals surface area contributed by atoms with Crippen molar-refractivity contribution in [2.75, 3.05) is 32.8 Å². The molecule has 2 heterocycles. The van der Waals surface area contributed by atoms with Crippen molar-refractivity contribution in [1.29, 1.82) is 0 Å². The third kappa shape index (κ3) is 6.93. The lowest BCUT2D eigenvalue weighted by molar-refractivity contribution is -0.141. The summed E-state index contributed by atoms with van der Waals surface area (Å²) in [6, 6.07) is 12.9. The van der Waals surface area contributed by atoms with Crippen molar-refractivity contribution in [3.8, 4) is 0 Å². The maximum atomic E-state index is 13.2. The summed E-state index contributed by atoms with van der Waals surface area (Å²) in [6.45, 7) is 0.698. The Balaban J connectivity index is 1.31. The number of ether oxygens (including phenoxy) is 1. The third-order valence-electron chi connectivity index (χ3n) is 7.30. The van der Waals surface area contributed by atoms with Gasteiger partial charge in [0.05, 0.1) is 22.7 Å². The van der Waals surface area contributed by atoms with Crippen molar-refractivity contribution in [3.05, 3.63) is 65.7 Å². The number of sulfonamides is 1. The molecule has 1 atom stereocenters. The van der Waals surface area contributed by atoms with Crippen LogP contribution in [0.15, 0.2) is 59.5 Å². The number of nitrogens with zero attached hydrogens (tertiary/aromatic N) is 2. The van der Waals surface area contributed by atoms with Gasteiger partial charge < -0.3 is 14.7 Å². The first-order valence-corrected chi connectivity index (χ1v) is 14.2. The number of aliphatic hydroxyl groups is 1. The Bertz CT molecular complexity index is 1200. The fourth-order valence-corrected chi connectivity index (χ4v) is 6.85. The van der Waals surface area contributed by atoms with Gasteiger partial charge in [-0.05, 0) is 49.4 Å². The van der Waals surface area contributed by atoms with Crippen LogP contribution in [0.25, 0.3) is 0 Å². The highest BCUT2D eigenvalue weighted by molar-refractivity contribution is 7.89. The summed E-state index contributed by atoms with van der Waals surface area (Å²) in [7, 11) is -4.17. The Kier molecular flexibility index (Phi) is 8.81. The number of alkyl halides is 3. The van der Waals surface area contributed by atoms with E-state index in [1.54, 1.807) is 4.90 Å². The Morgan fingerprint density at radius 2 is 1.74 bits per heavy atom. The minimum absolute atomic E-state index is 0.0320. The molecule has 4 rings (SSSR count). The summed E-state index contributed by atoms with van der Waals surface area (Å²) in [5, 5.41) is 10.9. The average Bonchev–Trinajstić information content (AvgIpc) is 2.89. The summed E-state index contributed by atoms with van der Waals surface area (Å²) in [5.74, 6) is -0.241. The molecule has 2 aliphatic rings. The molecular formula is C27H33F3N2O5S. The second kappa shape index (κ2) is 11.7. The van der Waals surface area contributed by atoms with Crippen LogP contribution in [0, 0.1) is 0 Å². The third-order valence-corrected chi connectivity index (χ3v) is 9.25. The molecule has 2 aromatic carbocycles. The van der Waals surface area contributed by atoms with Crippen LogP contribution < -0.4 is 0 Å². The van der Waals surface area contributed by atoms with Crippen molar-refractivity contribution in [3.63, 3.8) is 0 Å². The molecule has 0 aromatic heterocycles. The second-order valence-corrected chi connectivity index (χ2v) is 12.0. The summed E-state index contributed by atoms with van der Waals surface area (Å²) >= 11 is 0. The number of carbonyl (C=O) groups excluding carboxylic acids is 1. The lowest BCUT2D eigenvalue weighted by Gasteiger charge is -2.38. The molecule has 11 heteroatoms. The molecule has 1 N–H and O–H groups in total. The van der Waals surface area contributed by atoms with Gasteiger partial charge in [0.15, 0.2) is 0 Å². The smallest absolute Gasteiger partial charge is 0.389 e.